The van der Waals surface area contributed by atoms with Gasteiger partial charge in [-0.1, -0.05) is 0 Å². The minimum atomic E-state index is 0.295. The van der Waals surface area contributed by atoms with E-state index in [0.717, 1.165) is 35.1 Å². The van der Waals surface area contributed by atoms with Crippen LogP contribution in [0, 0.1) is 13.8 Å². The molecule has 0 radical (unpaired) electrons. The van der Waals surface area contributed by atoms with Gasteiger partial charge in [-0.2, -0.15) is 4.98 Å². The number of aryl methyl sites for hydroxylation is 2. The average molecular weight is 304 g/mol. The van der Waals surface area contributed by atoms with Gasteiger partial charge in [0.05, 0.1) is 17.9 Å². The van der Waals surface area contributed by atoms with Crippen LogP contribution in [0.25, 0.3) is 0 Å². The van der Waals surface area contributed by atoms with Gasteiger partial charge in [-0.05, 0) is 26.7 Å². The minimum absolute atomic E-state index is 0.295. The van der Waals surface area contributed by atoms with Crippen LogP contribution in [0.4, 0.5) is 11.8 Å². The van der Waals surface area contributed by atoms with E-state index in [9.17, 15) is 0 Å². The summed E-state index contributed by atoms with van der Waals surface area (Å²) in [4.78, 5) is 14.3. The molecule has 0 amide bonds. The summed E-state index contributed by atoms with van der Waals surface area (Å²) >= 11 is 1.70. The van der Waals surface area contributed by atoms with Crippen LogP contribution >= 0.6 is 11.3 Å². The second-order valence-electron chi connectivity index (χ2n) is 5.57. The number of hydrogen-bond acceptors (Lipinski definition) is 7. The Morgan fingerprint density at radius 1 is 1.29 bits per heavy atom. The molecule has 3 rings (SSSR count). The molecular formula is C14H20N6S. The van der Waals surface area contributed by atoms with Gasteiger partial charge in [0.25, 0.3) is 0 Å². The fraction of sp³-hybridized carbons (Fsp3) is 0.500. The molecule has 112 valence electrons. The molecule has 1 saturated carbocycles. The number of nitrogens with zero attached hydrogens (tertiary/aromatic N) is 3. The summed E-state index contributed by atoms with van der Waals surface area (Å²) in [6.07, 6.45) is 1.95. The zero-order valence-electron chi connectivity index (χ0n) is 12.3. The molecule has 0 atom stereocenters. The van der Waals surface area contributed by atoms with Gasteiger partial charge in [-0.15, -0.1) is 11.3 Å². The third-order valence-electron chi connectivity index (χ3n) is 3.85. The Morgan fingerprint density at radius 2 is 2.05 bits per heavy atom. The fourth-order valence-electron chi connectivity index (χ4n) is 2.47. The Labute approximate surface area is 128 Å². The zero-order chi connectivity index (χ0) is 15.0. The zero-order valence-corrected chi connectivity index (χ0v) is 13.1. The third kappa shape index (κ3) is 3.14. The first kappa shape index (κ1) is 14.2. The summed E-state index contributed by atoms with van der Waals surface area (Å²) in [6, 6.07) is 2.27. The molecule has 0 aliphatic heterocycles. The Kier molecular flexibility index (Phi) is 3.77. The van der Waals surface area contributed by atoms with E-state index in [4.69, 9.17) is 11.5 Å². The summed E-state index contributed by atoms with van der Waals surface area (Å²) in [5.74, 6) is 1.47. The molecular weight excluding hydrogens is 284 g/mol. The second kappa shape index (κ2) is 5.57. The first-order valence-electron chi connectivity index (χ1n) is 7.08. The van der Waals surface area contributed by atoms with Gasteiger partial charge >= 0.3 is 0 Å². The molecule has 2 aromatic heterocycles. The summed E-state index contributed by atoms with van der Waals surface area (Å²) in [5.41, 5.74) is 13.7. The molecule has 21 heavy (non-hydrogen) atoms. The maximum Gasteiger partial charge on any atom is 0.222 e. The van der Waals surface area contributed by atoms with Crippen LogP contribution in [0.3, 0.4) is 0 Å². The van der Waals surface area contributed by atoms with E-state index in [1.807, 2.05) is 13.0 Å². The van der Waals surface area contributed by atoms with E-state index < -0.39 is 0 Å². The first-order chi connectivity index (χ1) is 10.0. The number of nitrogen functional groups attached to an aromatic ring is 1. The number of rotatable bonds is 4. The molecule has 7 heteroatoms. The topological polar surface area (TPSA) is 103 Å². The standard InChI is InChI=1S/C14H20N6S/c1-7-8(2)21-13(18-7)6-17-12-5-11(19-14(16)20-12)9-3-10(15)4-9/h5,9-10H,3-4,6,15H2,1-2H3,(H3,16,17,19,20). The molecule has 0 bridgehead atoms. The minimum Gasteiger partial charge on any atom is -0.368 e. The lowest BCUT2D eigenvalue weighted by molar-refractivity contribution is 0.345. The number of anilines is 2. The van der Waals surface area contributed by atoms with Crippen LogP contribution in [0.5, 0.6) is 0 Å². The number of thiazole rings is 1. The monoisotopic (exact) mass is 304 g/mol. The van der Waals surface area contributed by atoms with Crippen molar-refractivity contribution in [3.8, 4) is 0 Å². The smallest absolute Gasteiger partial charge is 0.222 e. The van der Waals surface area contributed by atoms with Crippen molar-refractivity contribution in [2.45, 2.75) is 45.2 Å². The SMILES string of the molecule is Cc1nc(CNc2cc(C3CC(N)C3)nc(N)n2)sc1C. The summed E-state index contributed by atoms with van der Waals surface area (Å²) in [5, 5.41) is 4.33. The molecule has 2 aromatic rings. The van der Waals surface area contributed by atoms with Crippen LogP contribution in [0.1, 0.15) is 40.0 Å². The van der Waals surface area contributed by atoms with Gasteiger partial charge in [-0.25, -0.2) is 9.97 Å². The lowest BCUT2D eigenvalue weighted by Crippen LogP contribution is -2.35. The lowest BCUT2D eigenvalue weighted by Gasteiger charge is -2.32. The highest BCUT2D eigenvalue weighted by Gasteiger charge is 2.29. The van der Waals surface area contributed by atoms with E-state index in [0.29, 0.717) is 24.5 Å². The highest BCUT2D eigenvalue weighted by molar-refractivity contribution is 7.11. The van der Waals surface area contributed by atoms with E-state index in [-0.39, 0.29) is 0 Å². The highest BCUT2D eigenvalue weighted by Crippen LogP contribution is 2.35. The second-order valence-corrected chi connectivity index (χ2v) is 6.86. The molecule has 0 saturated heterocycles. The van der Waals surface area contributed by atoms with Crippen LogP contribution in [0.15, 0.2) is 6.07 Å². The average Bonchev–Trinajstić information content (AvgIpc) is 2.71. The van der Waals surface area contributed by atoms with Crippen molar-refractivity contribution in [3.05, 3.63) is 27.3 Å². The molecule has 6 nitrogen and oxygen atoms in total. The van der Waals surface area contributed by atoms with Gasteiger partial charge < -0.3 is 16.8 Å². The number of aromatic nitrogens is 3. The largest absolute Gasteiger partial charge is 0.368 e. The van der Waals surface area contributed by atoms with E-state index in [1.54, 1.807) is 11.3 Å². The van der Waals surface area contributed by atoms with Gasteiger partial charge in [-0.3, -0.25) is 0 Å². The third-order valence-corrected chi connectivity index (χ3v) is 4.92. The first-order valence-corrected chi connectivity index (χ1v) is 7.89. The maximum absolute atomic E-state index is 5.84. The van der Waals surface area contributed by atoms with Gasteiger partial charge in [0.1, 0.15) is 10.8 Å². The molecule has 1 aliphatic carbocycles. The van der Waals surface area contributed by atoms with Crippen molar-refractivity contribution in [2.24, 2.45) is 5.73 Å². The number of nitrogens with two attached hydrogens (primary N) is 2. The molecule has 0 unspecified atom stereocenters. The Hall–Kier alpha value is -1.73. The van der Waals surface area contributed by atoms with E-state index >= 15 is 0 Å². The summed E-state index contributed by atoms with van der Waals surface area (Å²) < 4.78 is 0. The Bertz CT molecular complexity index is 627. The van der Waals surface area contributed by atoms with Crippen molar-refractivity contribution in [1.29, 1.82) is 0 Å². The number of hydrogen-bond donors (Lipinski definition) is 3. The lowest BCUT2D eigenvalue weighted by atomic mass is 9.78. The molecule has 0 aromatic carbocycles. The Morgan fingerprint density at radius 3 is 2.67 bits per heavy atom. The molecule has 5 N–H and O–H groups in total. The van der Waals surface area contributed by atoms with Gasteiger partial charge in [0.2, 0.25) is 5.95 Å². The van der Waals surface area contributed by atoms with E-state index in [2.05, 4.69) is 27.2 Å². The normalized spacial score (nSPS) is 21.1. The van der Waals surface area contributed by atoms with Crippen molar-refractivity contribution in [3.63, 3.8) is 0 Å². The Balaban J connectivity index is 1.70. The molecule has 1 fully saturated rings. The van der Waals surface area contributed by atoms with Crippen molar-refractivity contribution in [1.82, 2.24) is 15.0 Å². The van der Waals surface area contributed by atoms with Crippen molar-refractivity contribution in [2.75, 3.05) is 11.1 Å². The predicted octanol–water partition coefficient (Wildman–Crippen LogP) is 1.95. The van der Waals surface area contributed by atoms with E-state index in [1.165, 1.54) is 4.88 Å². The highest BCUT2D eigenvalue weighted by atomic mass is 32.1. The number of nitrogens with one attached hydrogen (secondary N) is 1. The van der Waals surface area contributed by atoms with Gasteiger partial charge in [0.15, 0.2) is 0 Å². The van der Waals surface area contributed by atoms with Crippen LogP contribution in [0.2, 0.25) is 0 Å². The van der Waals surface area contributed by atoms with Crippen molar-refractivity contribution < 1.29 is 0 Å². The maximum atomic E-state index is 5.84. The fourth-order valence-corrected chi connectivity index (χ4v) is 3.34. The van der Waals surface area contributed by atoms with Gasteiger partial charge in [0, 0.05) is 22.9 Å². The summed E-state index contributed by atoms with van der Waals surface area (Å²) in [7, 11) is 0. The summed E-state index contributed by atoms with van der Waals surface area (Å²) in [6.45, 7) is 4.76. The molecule has 0 spiro atoms. The van der Waals surface area contributed by atoms with Crippen LogP contribution < -0.4 is 16.8 Å². The molecule has 1 aliphatic rings. The van der Waals surface area contributed by atoms with Crippen LogP contribution in [-0.4, -0.2) is 21.0 Å². The molecule has 2 heterocycles. The van der Waals surface area contributed by atoms with Crippen LogP contribution in [-0.2, 0) is 6.54 Å². The predicted molar refractivity (Wildman–Crippen MR) is 85.3 cm³/mol. The quantitative estimate of drug-likeness (QED) is 0.798. The van der Waals surface area contributed by atoms with Crippen molar-refractivity contribution >= 4 is 23.1 Å².